The third-order valence-corrected chi connectivity index (χ3v) is 11.4. The number of likely N-dealkylation sites (tertiary alicyclic amines) is 1. The number of aryl methyl sites for hydroxylation is 1. The van der Waals surface area contributed by atoms with Gasteiger partial charge >= 0.3 is 13.2 Å². The molecule has 1 aromatic carbocycles. The molecule has 2 heterocycles. The lowest BCUT2D eigenvalue weighted by Gasteiger charge is -2.64. The second kappa shape index (κ2) is 13.3. The van der Waals surface area contributed by atoms with E-state index in [9.17, 15) is 14.9 Å². The number of nitriles is 1. The predicted octanol–water partition coefficient (Wildman–Crippen LogP) is 6.64. The van der Waals surface area contributed by atoms with Gasteiger partial charge in [-0.15, -0.1) is 0 Å². The average Bonchev–Trinajstić information content (AvgIpc) is 3.17. The van der Waals surface area contributed by atoms with E-state index < -0.39 is 25.1 Å². The topological polar surface area (TPSA) is 101 Å². The highest BCUT2D eigenvalue weighted by Crippen LogP contribution is 2.65. The summed E-state index contributed by atoms with van der Waals surface area (Å²) in [6.07, 6.45) is 7.08. The van der Waals surface area contributed by atoms with Gasteiger partial charge in [0.15, 0.2) is 0 Å². The largest absolute Gasteiger partial charge is 0.482 e. The Balaban J connectivity index is 1.25. The minimum atomic E-state index is -0.685. The Hall–Kier alpha value is -2.57. The molecular formula is C36H54BN3O5. The summed E-state index contributed by atoms with van der Waals surface area (Å²) in [6.45, 7) is 16.0. The van der Waals surface area contributed by atoms with Crippen LogP contribution in [0.25, 0.3) is 0 Å². The van der Waals surface area contributed by atoms with E-state index in [1.165, 1.54) is 5.56 Å². The van der Waals surface area contributed by atoms with Gasteiger partial charge in [-0.1, -0.05) is 77.3 Å². The molecule has 7 atom stereocenters. The highest BCUT2D eigenvalue weighted by molar-refractivity contribution is 6.47. The van der Waals surface area contributed by atoms with Crippen LogP contribution in [-0.2, 0) is 25.3 Å². The Morgan fingerprint density at radius 1 is 1.16 bits per heavy atom. The first-order valence-corrected chi connectivity index (χ1v) is 17.2. The molecular weight excluding hydrogens is 565 g/mol. The average molecular weight is 620 g/mol. The van der Waals surface area contributed by atoms with Gasteiger partial charge < -0.3 is 24.3 Å². The lowest BCUT2D eigenvalue weighted by atomic mass is 9.43. The zero-order valence-corrected chi connectivity index (χ0v) is 28.6. The molecule has 45 heavy (non-hydrogen) atoms. The molecule has 8 nitrogen and oxygen atoms in total. The van der Waals surface area contributed by atoms with Crippen molar-refractivity contribution >= 4 is 19.1 Å². The van der Waals surface area contributed by atoms with Crippen LogP contribution in [0.3, 0.4) is 0 Å². The summed E-state index contributed by atoms with van der Waals surface area (Å²) in [7, 11) is -0.584. The molecule has 1 N–H and O–H groups in total. The van der Waals surface area contributed by atoms with Crippen molar-refractivity contribution in [2.45, 2.75) is 130 Å². The Morgan fingerprint density at radius 2 is 1.89 bits per heavy atom. The Kier molecular flexibility index (Phi) is 9.97. The highest BCUT2D eigenvalue weighted by Gasteiger charge is 2.68. The maximum atomic E-state index is 13.6. The molecule has 2 amide bonds. The lowest BCUT2D eigenvalue weighted by molar-refractivity contribution is -0.199. The second-order valence-electron chi connectivity index (χ2n) is 16.2. The Morgan fingerprint density at radius 3 is 2.56 bits per heavy atom. The van der Waals surface area contributed by atoms with Crippen molar-refractivity contribution in [3.8, 4) is 6.07 Å². The second-order valence-corrected chi connectivity index (χ2v) is 16.2. The van der Waals surface area contributed by atoms with Crippen LogP contribution in [0, 0.1) is 46.8 Å². The van der Waals surface area contributed by atoms with Crippen molar-refractivity contribution in [1.82, 2.24) is 10.2 Å². The number of amides is 2. The number of nitrogens with zero attached hydrogens (tertiary/aromatic N) is 2. The van der Waals surface area contributed by atoms with Gasteiger partial charge in [0, 0.05) is 6.54 Å². The summed E-state index contributed by atoms with van der Waals surface area (Å²) in [5.74, 6) is -0.203. The van der Waals surface area contributed by atoms with Gasteiger partial charge in [-0.25, -0.2) is 4.79 Å². The van der Waals surface area contributed by atoms with Crippen LogP contribution in [0.2, 0.25) is 0 Å². The maximum Gasteiger partial charge on any atom is 0.482 e. The minimum Gasteiger partial charge on any atom is -0.447 e. The van der Waals surface area contributed by atoms with E-state index >= 15 is 0 Å². The Bertz CT molecular complexity index is 1260. The van der Waals surface area contributed by atoms with Gasteiger partial charge in [-0.3, -0.25) is 4.79 Å². The lowest BCUT2D eigenvalue weighted by Crippen LogP contribution is -2.65. The van der Waals surface area contributed by atoms with Gasteiger partial charge in [-0.05, 0) is 87.0 Å². The van der Waals surface area contributed by atoms with Crippen molar-refractivity contribution < 1.29 is 23.6 Å². The fourth-order valence-electron chi connectivity index (χ4n) is 8.29. The summed E-state index contributed by atoms with van der Waals surface area (Å²) < 4.78 is 19.2. The highest BCUT2D eigenvalue weighted by atomic mass is 16.7. The molecule has 0 radical (unpaired) electrons. The van der Waals surface area contributed by atoms with Crippen molar-refractivity contribution in [1.29, 1.82) is 5.26 Å². The quantitative estimate of drug-likeness (QED) is 0.311. The number of hydrogen-bond donors (Lipinski definition) is 1. The molecule has 2 aliphatic heterocycles. The zero-order valence-electron chi connectivity index (χ0n) is 28.6. The summed E-state index contributed by atoms with van der Waals surface area (Å²) in [6, 6.07) is 10.3. The SMILES string of the molecule is Cc1ccc(C[C@H](NC(=O)OC[C@H]2CCCCCN2C(=O)C(C#N)CCC(C)(C)C)B2O[C@@H]3C[C@@H]4C[C@@H](C4(C)C)[C@]3(C)O2)cc1. The van der Waals surface area contributed by atoms with Crippen LogP contribution in [0.4, 0.5) is 4.79 Å². The molecule has 3 aliphatic carbocycles. The van der Waals surface area contributed by atoms with Crippen LogP contribution >= 0.6 is 0 Å². The molecule has 5 aliphatic rings. The van der Waals surface area contributed by atoms with E-state index in [1.54, 1.807) is 0 Å². The normalized spacial score (nSPS) is 30.3. The van der Waals surface area contributed by atoms with Crippen LogP contribution in [0.15, 0.2) is 24.3 Å². The Labute approximate surface area is 271 Å². The number of alkyl carbamates (subject to hydrolysis) is 1. The fourth-order valence-corrected chi connectivity index (χ4v) is 8.29. The first-order valence-electron chi connectivity index (χ1n) is 17.2. The van der Waals surface area contributed by atoms with Crippen molar-refractivity contribution in [2.75, 3.05) is 13.2 Å². The van der Waals surface area contributed by atoms with E-state index in [2.05, 4.69) is 84.1 Å². The molecule has 0 spiro atoms. The van der Waals surface area contributed by atoms with Gasteiger partial charge in [0.25, 0.3) is 0 Å². The number of ether oxygens (including phenoxy) is 1. The van der Waals surface area contributed by atoms with E-state index in [4.69, 9.17) is 14.0 Å². The van der Waals surface area contributed by atoms with Crippen molar-refractivity contribution in [3.05, 3.63) is 35.4 Å². The molecule has 1 unspecified atom stereocenters. The van der Waals surface area contributed by atoms with E-state index in [1.807, 2.05) is 4.90 Å². The van der Waals surface area contributed by atoms with Crippen molar-refractivity contribution in [3.63, 3.8) is 0 Å². The number of hydrogen-bond acceptors (Lipinski definition) is 6. The molecule has 0 aromatic heterocycles. The van der Waals surface area contributed by atoms with Crippen LogP contribution < -0.4 is 5.32 Å². The number of carbonyl (C=O) groups is 2. The predicted molar refractivity (Wildman–Crippen MR) is 175 cm³/mol. The molecule has 1 aromatic rings. The number of nitrogens with one attached hydrogen (secondary N) is 1. The summed E-state index contributed by atoms with van der Waals surface area (Å²) in [5.41, 5.74) is 2.15. The number of rotatable bonds is 9. The van der Waals surface area contributed by atoms with Gasteiger partial charge in [-0.2, -0.15) is 5.26 Å². The fraction of sp³-hybridized carbons (Fsp3) is 0.750. The summed E-state index contributed by atoms with van der Waals surface area (Å²) in [5, 5.41) is 13.0. The van der Waals surface area contributed by atoms with Crippen LogP contribution in [0.1, 0.15) is 104 Å². The van der Waals surface area contributed by atoms with E-state index in [0.717, 1.165) is 50.5 Å². The molecule has 246 valence electrons. The van der Waals surface area contributed by atoms with Crippen LogP contribution in [-0.4, -0.2) is 60.9 Å². The molecule has 2 saturated heterocycles. The molecule has 9 heteroatoms. The van der Waals surface area contributed by atoms with Gasteiger partial charge in [0.2, 0.25) is 5.91 Å². The van der Waals surface area contributed by atoms with Crippen LogP contribution in [0.5, 0.6) is 0 Å². The zero-order chi connectivity index (χ0) is 32.6. The van der Waals surface area contributed by atoms with Gasteiger partial charge in [0.05, 0.1) is 29.8 Å². The van der Waals surface area contributed by atoms with Gasteiger partial charge in [0.1, 0.15) is 12.5 Å². The molecule has 2 bridgehead atoms. The minimum absolute atomic E-state index is 0.00883. The molecule has 3 saturated carbocycles. The van der Waals surface area contributed by atoms with E-state index in [0.29, 0.717) is 31.2 Å². The number of carbonyl (C=O) groups excluding carboxylic acids is 2. The third-order valence-electron chi connectivity index (χ3n) is 11.4. The smallest absolute Gasteiger partial charge is 0.447 e. The first kappa shape index (κ1) is 33.8. The standard InChI is InChI=1S/C36H54BN3O5/c1-24-12-14-25(15-13-24)19-31(37-44-30-21-27-20-29(35(27,5)6)36(30,7)45-37)39-33(42)43-23-28-11-9-8-10-18-40(28)32(41)26(22-38)16-17-34(2,3)4/h12-15,26-31H,8-11,16-21,23H2,1-7H3,(H,39,42)/t26?,27-,28+,29-,30+,31-,36-/m0/s1. The summed E-state index contributed by atoms with van der Waals surface area (Å²) >= 11 is 0. The monoisotopic (exact) mass is 619 g/mol. The van der Waals surface area contributed by atoms with Crippen molar-refractivity contribution in [2.24, 2.45) is 28.6 Å². The van der Waals surface area contributed by atoms with E-state index in [-0.39, 0.29) is 41.1 Å². The summed E-state index contributed by atoms with van der Waals surface area (Å²) in [4.78, 5) is 28.8. The molecule has 5 fully saturated rings. The maximum absolute atomic E-state index is 13.6. The number of benzene rings is 1. The third kappa shape index (κ3) is 7.38. The molecule has 6 rings (SSSR count). The first-order chi connectivity index (χ1) is 21.2.